The molecule has 1 fully saturated rings. The Bertz CT molecular complexity index is 530. The number of aliphatic carboxylic acids is 1. The molecular weight excluding hydrogens is 294 g/mol. The third-order valence-electron chi connectivity index (χ3n) is 3.77. The van der Waals surface area contributed by atoms with Crippen LogP contribution in [0.3, 0.4) is 0 Å². The predicted octanol–water partition coefficient (Wildman–Crippen LogP) is 2.32. The van der Waals surface area contributed by atoms with Gasteiger partial charge in [0.25, 0.3) is 0 Å². The number of hydrogen-bond acceptors (Lipinski definition) is 3. The quantitative estimate of drug-likeness (QED) is 0.796. The average molecular weight is 312 g/mol. The van der Waals surface area contributed by atoms with Crippen LogP contribution in [0.5, 0.6) is 0 Å². The van der Waals surface area contributed by atoms with Gasteiger partial charge in [0.1, 0.15) is 5.54 Å². The number of nitrogens with zero attached hydrogens (tertiary/aromatic N) is 1. The molecule has 21 heavy (non-hydrogen) atoms. The van der Waals surface area contributed by atoms with Crippen molar-refractivity contribution < 1.29 is 14.7 Å². The molecule has 2 amide bonds. The number of amides is 2. The first kappa shape index (κ1) is 15.6. The summed E-state index contributed by atoms with van der Waals surface area (Å²) in [4.78, 5) is 27.3. The molecule has 1 aliphatic rings. The predicted molar refractivity (Wildman–Crippen MR) is 78.1 cm³/mol. The maximum atomic E-state index is 12.0. The Kier molecular flexibility index (Phi) is 5.01. The summed E-state index contributed by atoms with van der Waals surface area (Å²) in [6, 6.07) is 1.21. The highest BCUT2D eigenvalue weighted by molar-refractivity contribution is 6.31. The van der Waals surface area contributed by atoms with E-state index in [0.29, 0.717) is 17.9 Å². The van der Waals surface area contributed by atoms with Gasteiger partial charge in [-0.3, -0.25) is 4.98 Å². The molecule has 114 valence electrons. The molecule has 0 spiro atoms. The summed E-state index contributed by atoms with van der Waals surface area (Å²) >= 11 is 5.95. The number of carbonyl (C=O) groups excluding carboxylic acids is 1. The van der Waals surface area contributed by atoms with E-state index in [0.717, 1.165) is 24.8 Å². The molecule has 2 rings (SSSR count). The monoisotopic (exact) mass is 311 g/mol. The fourth-order valence-corrected chi connectivity index (χ4v) is 2.72. The number of halogens is 1. The van der Waals surface area contributed by atoms with Crippen molar-refractivity contribution >= 4 is 23.6 Å². The molecule has 1 heterocycles. The van der Waals surface area contributed by atoms with Crippen molar-refractivity contribution in [2.45, 2.75) is 44.2 Å². The van der Waals surface area contributed by atoms with E-state index < -0.39 is 17.5 Å². The van der Waals surface area contributed by atoms with Gasteiger partial charge in [-0.25, -0.2) is 9.59 Å². The molecule has 3 N–H and O–H groups in total. The largest absolute Gasteiger partial charge is 0.480 e. The molecule has 0 radical (unpaired) electrons. The molecule has 1 aromatic rings. The van der Waals surface area contributed by atoms with Crippen LogP contribution in [0.15, 0.2) is 18.5 Å². The Balaban J connectivity index is 1.94. The van der Waals surface area contributed by atoms with E-state index in [4.69, 9.17) is 11.6 Å². The summed E-state index contributed by atoms with van der Waals surface area (Å²) in [5.74, 6) is -0.973. The lowest BCUT2D eigenvalue weighted by atomic mass is 9.82. The number of aromatic nitrogens is 1. The van der Waals surface area contributed by atoms with E-state index in [1.807, 2.05) is 0 Å². The molecule has 0 saturated heterocycles. The minimum absolute atomic E-state index is 0.225. The topological polar surface area (TPSA) is 91.3 Å². The molecule has 0 aromatic carbocycles. The van der Waals surface area contributed by atoms with Gasteiger partial charge < -0.3 is 15.7 Å². The van der Waals surface area contributed by atoms with Gasteiger partial charge in [0, 0.05) is 18.9 Å². The van der Waals surface area contributed by atoms with Crippen LogP contribution in [0.1, 0.15) is 37.7 Å². The number of pyridine rings is 1. The SMILES string of the molecule is O=C(NCc1ccncc1Cl)NC1(C(=O)O)CCCCC1. The van der Waals surface area contributed by atoms with Gasteiger partial charge in [-0.2, -0.15) is 0 Å². The molecule has 0 bridgehead atoms. The average Bonchev–Trinajstić information content (AvgIpc) is 2.47. The van der Waals surface area contributed by atoms with Gasteiger partial charge in [-0.1, -0.05) is 30.9 Å². The Morgan fingerprint density at radius 3 is 2.67 bits per heavy atom. The number of nitrogens with one attached hydrogen (secondary N) is 2. The second-order valence-corrected chi connectivity index (χ2v) is 5.63. The molecule has 1 aliphatic carbocycles. The first-order chi connectivity index (χ1) is 10.0. The van der Waals surface area contributed by atoms with Gasteiger partial charge in [0.15, 0.2) is 0 Å². The lowest BCUT2D eigenvalue weighted by molar-refractivity contribution is -0.145. The van der Waals surface area contributed by atoms with Crippen molar-refractivity contribution in [1.82, 2.24) is 15.6 Å². The summed E-state index contributed by atoms with van der Waals surface area (Å²) in [6.07, 6.45) is 6.63. The zero-order chi connectivity index (χ0) is 15.3. The third kappa shape index (κ3) is 3.85. The fraction of sp³-hybridized carbons (Fsp3) is 0.500. The van der Waals surface area contributed by atoms with Crippen molar-refractivity contribution in [2.75, 3.05) is 0 Å². The van der Waals surface area contributed by atoms with E-state index in [-0.39, 0.29) is 6.54 Å². The van der Waals surface area contributed by atoms with Crippen LogP contribution < -0.4 is 10.6 Å². The molecule has 1 aromatic heterocycles. The Hall–Kier alpha value is -1.82. The van der Waals surface area contributed by atoms with Crippen LogP contribution in [0.2, 0.25) is 5.02 Å². The van der Waals surface area contributed by atoms with Crippen LogP contribution in [0.4, 0.5) is 4.79 Å². The number of carboxylic acids is 1. The highest BCUT2D eigenvalue weighted by Gasteiger charge is 2.40. The van der Waals surface area contributed by atoms with E-state index in [9.17, 15) is 14.7 Å². The summed E-state index contributed by atoms with van der Waals surface area (Å²) in [6.45, 7) is 0.225. The molecule has 7 heteroatoms. The normalized spacial score (nSPS) is 17.0. The fourth-order valence-electron chi connectivity index (χ4n) is 2.53. The number of urea groups is 1. The molecule has 0 atom stereocenters. The number of carbonyl (C=O) groups is 2. The van der Waals surface area contributed by atoms with E-state index in [1.165, 1.54) is 6.20 Å². The Morgan fingerprint density at radius 1 is 1.33 bits per heavy atom. The van der Waals surface area contributed by atoms with E-state index in [2.05, 4.69) is 15.6 Å². The second-order valence-electron chi connectivity index (χ2n) is 5.22. The molecule has 0 unspecified atom stereocenters. The van der Waals surface area contributed by atoms with Gasteiger partial charge in [-0.15, -0.1) is 0 Å². The van der Waals surface area contributed by atoms with Gasteiger partial charge in [0.2, 0.25) is 0 Å². The van der Waals surface area contributed by atoms with Crippen LogP contribution in [-0.2, 0) is 11.3 Å². The lowest BCUT2D eigenvalue weighted by Gasteiger charge is -2.33. The standard InChI is InChI=1S/C14H18ClN3O3/c15-11-9-16-7-4-10(11)8-17-13(21)18-14(12(19)20)5-2-1-3-6-14/h4,7,9H,1-3,5-6,8H2,(H,19,20)(H2,17,18,21). The highest BCUT2D eigenvalue weighted by Crippen LogP contribution is 2.28. The highest BCUT2D eigenvalue weighted by atomic mass is 35.5. The van der Waals surface area contributed by atoms with Crippen LogP contribution in [-0.4, -0.2) is 27.6 Å². The Labute approximate surface area is 127 Å². The second kappa shape index (κ2) is 6.76. The molecule has 0 aliphatic heterocycles. The summed E-state index contributed by atoms with van der Waals surface area (Å²) in [7, 11) is 0. The minimum Gasteiger partial charge on any atom is -0.480 e. The maximum absolute atomic E-state index is 12.0. The van der Waals surface area contributed by atoms with Crippen molar-refractivity contribution in [2.24, 2.45) is 0 Å². The smallest absolute Gasteiger partial charge is 0.329 e. The van der Waals surface area contributed by atoms with Gasteiger partial charge in [-0.05, 0) is 24.5 Å². The van der Waals surface area contributed by atoms with Crippen LogP contribution in [0.25, 0.3) is 0 Å². The van der Waals surface area contributed by atoms with Crippen molar-refractivity contribution in [3.05, 3.63) is 29.0 Å². The molecule has 1 saturated carbocycles. The van der Waals surface area contributed by atoms with Crippen molar-refractivity contribution in [3.8, 4) is 0 Å². The van der Waals surface area contributed by atoms with E-state index in [1.54, 1.807) is 12.3 Å². The summed E-state index contributed by atoms with van der Waals surface area (Å²) in [5, 5.41) is 15.1. The van der Waals surface area contributed by atoms with Crippen molar-refractivity contribution in [1.29, 1.82) is 0 Å². The Morgan fingerprint density at radius 2 is 2.05 bits per heavy atom. The van der Waals surface area contributed by atoms with Crippen LogP contribution >= 0.6 is 11.6 Å². The zero-order valence-electron chi connectivity index (χ0n) is 11.6. The van der Waals surface area contributed by atoms with Gasteiger partial charge >= 0.3 is 12.0 Å². The first-order valence-corrected chi connectivity index (χ1v) is 7.29. The number of hydrogen-bond donors (Lipinski definition) is 3. The van der Waals surface area contributed by atoms with E-state index >= 15 is 0 Å². The maximum Gasteiger partial charge on any atom is 0.329 e. The number of rotatable bonds is 4. The number of carboxylic acid groups (broad SMARTS) is 1. The lowest BCUT2D eigenvalue weighted by Crippen LogP contribution is -2.57. The van der Waals surface area contributed by atoms with Gasteiger partial charge in [0.05, 0.1) is 5.02 Å². The van der Waals surface area contributed by atoms with Crippen molar-refractivity contribution in [3.63, 3.8) is 0 Å². The molecule has 6 nitrogen and oxygen atoms in total. The summed E-state index contributed by atoms with van der Waals surface area (Å²) < 4.78 is 0. The summed E-state index contributed by atoms with van der Waals surface area (Å²) in [5.41, 5.74) is -0.417. The van der Waals surface area contributed by atoms with Crippen LogP contribution in [0, 0.1) is 0 Å². The first-order valence-electron chi connectivity index (χ1n) is 6.91. The zero-order valence-corrected chi connectivity index (χ0v) is 12.3. The molecular formula is C14H18ClN3O3. The third-order valence-corrected chi connectivity index (χ3v) is 4.11. The minimum atomic E-state index is -1.15.